The molecule has 2 aromatic rings. The molecule has 2 amide bonds. The van der Waals surface area contributed by atoms with E-state index in [2.05, 4.69) is 12.2 Å². The molecule has 0 aromatic heterocycles. The van der Waals surface area contributed by atoms with Gasteiger partial charge in [0.25, 0.3) is 5.91 Å². The van der Waals surface area contributed by atoms with Gasteiger partial charge >= 0.3 is 0 Å². The zero-order valence-corrected chi connectivity index (χ0v) is 16.1. The van der Waals surface area contributed by atoms with Gasteiger partial charge in [-0.05, 0) is 42.5 Å². The summed E-state index contributed by atoms with van der Waals surface area (Å²) in [6.45, 7) is 1.95. The second kappa shape index (κ2) is 9.87. The Balaban J connectivity index is 1.82. The Bertz CT molecular complexity index is 747. The number of aryl methyl sites for hydroxylation is 1. The number of amides is 2. The van der Waals surface area contributed by atoms with E-state index in [9.17, 15) is 9.59 Å². The second-order valence-corrected chi connectivity index (χ2v) is 6.63. The van der Waals surface area contributed by atoms with Gasteiger partial charge in [0.2, 0.25) is 5.91 Å². The molecule has 26 heavy (non-hydrogen) atoms. The van der Waals surface area contributed by atoms with E-state index < -0.39 is 0 Å². The van der Waals surface area contributed by atoms with Gasteiger partial charge in [-0.1, -0.05) is 31.2 Å². The normalized spacial score (nSPS) is 10.3. The summed E-state index contributed by atoms with van der Waals surface area (Å²) in [5.74, 6) is 0.148. The lowest BCUT2D eigenvalue weighted by atomic mass is 10.2. The zero-order valence-electron chi connectivity index (χ0n) is 15.3. The fourth-order valence-corrected chi connectivity index (χ4v) is 2.87. The van der Waals surface area contributed by atoms with E-state index in [1.54, 1.807) is 18.8 Å². The Morgan fingerprint density at radius 1 is 1.12 bits per heavy atom. The number of hydrogen-bond acceptors (Lipinski definition) is 4. The molecule has 0 fully saturated rings. The molecular formula is C20H24N2O3S. The van der Waals surface area contributed by atoms with Crippen LogP contribution in [-0.2, 0) is 16.0 Å². The molecule has 6 heteroatoms. The molecule has 2 rings (SSSR count). The number of carbonyl (C=O) groups excluding carboxylic acids is 2. The number of nitrogens with zero attached hydrogens (tertiary/aromatic N) is 1. The number of benzene rings is 2. The van der Waals surface area contributed by atoms with Crippen molar-refractivity contribution in [3.63, 3.8) is 0 Å². The van der Waals surface area contributed by atoms with Gasteiger partial charge in [-0.15, -0.1) is 11.8 Å². The Kier molecular flexibility index (Phi) is 7.53. The molecule has 0 radical (unpaired) electrons. The Morgan fingerprint density at radius 2 is 1.81 bits per heavy atom. The first-order valence-corrected chi connectivity index (χ1v) is 9.64. The fraction of sp³-hybridized carbons (Fsp3) is 0.300. The van der Waals surface area contributed by atoms with Crippen molar-refractivity contribution in [3.8, 4) is 5.75 Å². The number of rotatable bonds is 8. The Labute approximate surface area is 158 Å². The van der Waals surface area contributed by atoms with E-state index >= 15 is 0 Å². The van der Waals surface area contributed by atoms with E-state index in [4.69, 9.17) is 4.74 Å². The number of ether oxygens (including phenoxy) is 1. The first-order valence-electron chi connectivity index (χ1n) is 8.42. The quantitative estimate of drug-likeness (QED) is 0.721. The van der Waals surface area contributed by atoms with Crippen LogP contribution in [0.4, 0.5) is 5.69 Å². The molecule has 0 atom stereocenters. The monoisotopic (exact) mass is 372 g/mol. The summed E-state index contributed by atoms with van der Waals surface area (Å²) in [6.07, 6.45) is 2.90. The molecule has 0 saturated carbocycles. The minimum Gasteiger partial charge on any atom is -0.484 e. The van der Waals surface area contributed by atoms with Crippen molar-refractivity contribution in [2.24, 2.45) is 0 Å². The highest BCUT2D eigenvalue weighted by Gasteiger charge is 2.14. The third kappa shape index (κ3) is 5.81. The first-order chi connectivity index (χ1) is 12.5. The Morgan fingerprint density at radius 3 is 2.46 bits per heavy atom. The number of carbonyl (C=O) groups is 2. The molecular weight excluding hydrogens is 348 g/mol. The van der Waals surface area contributed by atoms with Gasteiger partial charge < -0.3 is 15.0 Å². The van der Waals surface area contributed by atoms with Crippen molar-refractivity contribution in [2.45, 2.75) is 18.2 Å². The van der Waals surface area contributed by atoms with Gasteiger partial charge in [0.1, 0.15) is 5.75 Å². The second-order valence-electron chi connectivity index (χ2n) is 5.78. The van der Waals surface area contributed by atoms with Gasteiger partial charge in [-0.25, -0.2) is 0 Å². The summed E-state index contributed by atoms with van der Waals surface area (Å²) in [6, 6.07) is 15.2. The fourth-order valence-electron chi connectivity index (χ4n) is 2.32. The van der Waals surface area contributed by atoms with Crippen molar-refractivity contribution in [1.82, 2.24) is 4.90 Å². The van der Waals surface area contributed by atoms with Crippen LogP contribution < -0.4 is 10.1 Å². The van der Waals surface area contributed by atoms with E-state index in [0.29, 0.717) is 5.75 Å². The van der Waals surface area contributed by atoms with E-state index in [-0.39, 0.29) is 25.0 Å². The molecule has 0 aliphatic rings. The highest BCUT2D eigenvalue weighted by atomic mass is 32.2. The number of hydrogen-bond donors (Lipinski definition) is 1. The summed E-state index contributed by atoms with van der Waals surface area (Å²) < 4.78 is 5.50. The summed E-state index contributed by atoms with van der Waals surface area (Å²) in [5.41, 5.74) is 1.96. The van der Waals surface area contributed by atoms with Crippen LogP contribution >= 0.6 is 11.8 Å². The molecule has 0 aliphatic carbocycles. The molecule has 138 valence electrons. The van der Waals surface area contributed by atoms with Gasteiger partial charge in [-0.3, -0.25) is 9.59 Å². The standard InChI is InChI=1S/C20H24N2O3S/c1-4-15-9-11-16(12-10-15)25-14-20(24)22(2)13-19(23)21-17-7-5-6-8-18(17)26-3/h5-12H,4,13-14H2,1-3H3,(H,21,23). The summed E-state index contributed by atoms with van der Waals surface area (Å²) in [4.78, 5) is 26.7. The largest absolute Gasteiger partial charge is 0.484 e. The molecule has 2 aromatic carbocycles. The number of thioether (sulfide) groups is 1. The first kappa shape index (κ1) is 19.8. The number of anilines is 1. The maximum absolute atomic E-state index is 12.2. The van der Waals surface area contributed by atoms with Gasteiger partial charge in [-0.2, -0.15) is 0 Å². The van der Waals surface area contributed by atoms with Crippen molar-refractivity contribution >= 4 is 29.3 Å². The predicted molar refractivity (Wildman–Crippen MR) is 106 cm³/mol. The summed E-state index contributed by atoms with van der Waals surface area (Å²) >= 11 is 1.56. The van der Waals surface area contributed by atoms with Crippen molar-refractivity contribution in [1.29, 1.82) is 0 Å². The van der Waals surface area contributed by atoms with E-state index in [1.807, 2.05) is 54.8 Å². The summed E-state index contributed by atoms with van der Waals surface area (Å²) in [7, 11) is 1.59. The smallest absolute Gasteiger partial charge is 0.260 e. The molecule has 0 spiro atoms. The maximum atomic E-state index is 12.2. The molecule has 0 saturated heterocycles. The van der Waals surface area contributed by atoms with Crippen LogP contribution in [0.3, 0.4) is 0 Å². The van der Waals surface area contributed by atoms with Gasteiger partial charge in [0.15, 0.2) is 6.61 Å². The van der Waals surface area contributed by atoms with Crippen LogP contribution in [0.1, 0.15) is 12.5 Å². The Hall–Kier alpha value is -2.47. The van der Waals surface area contributed by atoms with Crippen molar-refractivity contribution in [2.75, 3.05) is 31.8 Å². The topological polar surface area (TPSA) is 58.6 Å². The average Bonchev–Trinajstić information content (AvgIpc) is 2.66. The van der Waals surface area contributed by atoms with E-state index in [0.717, 1.165) is 17.0 Å². The van der Waals surface area contributed by atoms with Crippen LogP contribution in [-0.4, -0.2) is 43.2 Å². The minimum atomic E-state index is -0.252. The summed E-state index contributed by atoms with van der Waals surface area (Å²) in [5, 5.41) is 2.84. The highest BCUT2D eigenvalue weighted by Crippen LogP contribution is 2.24. The molecule has 0 aliphatic heterocycles. The SMILES string of the molecule is CCc1ccc(OCC(=O)N(C)CC(=O)Nc2ccccc2SC)cc1. The number of likely N-dealkylation sites (N-methyl/N-ethyl adjacent to an activating group) is 1. The number of nitrogens with one attached hydrogen (secondary N) is 1. The number of para-hydroxylation sites is 1. The van der Waals surface area contributed by atoms with E-state index in [1.165, 1.54) is 10.5 Å². The molecule has 0 unspecified atom stereocenters. The molecule has 5 nitrogen and oxygen atoms in total. The van der Waals surface area contributed by atoms with Crippen molar-refractivity contribution < 1.29 is 14.3 Å². The predicted octanol–water partition coefficient (Wildman–Crippen LogP) is 3.45. The third-order valence-electron chi connectivity index (χ3n) is 3.88. The average molecular weight is 372 g/mol. The van der Waals surface area contributed by atoms with Crippen LogP contribution in [0.2, 0.25) is 0 Å². The lowest BCUT2D eigenvalue weighted by Gasteiger charge is -2.18. The maximum Gasteiger partial charge on any atom is 0.260 e. The van der Waals surface area contributed by atoms with Crippen LogP contribution in [0.5, 0.6) is 5.75 Å². The highest BCUT2D eigenvalue weighted by molar-refractivity contribution is 7.98. The van der Waals surface area contributed by atoms with Gasteiger partial charge in [0.05, 0.1) is 12.2 Å². The lowest BCUT2D eigenvalue weighted by molar-refractivity contribution is -0.135. The van der Waals surface area contributed by atoms with Crippen LogP contribution in [0, 0.1) is 0 Å². The lowest BCUT2D eigenvalue weighted by Crippen LogP contribution is -2.37. The van der Waals surface area contributed by atoms with Crippen LogP contribution in [0.15, 0.2) is 53.4 Å². The third-order valence-corrected chi connectivity index (χ3v) is 4.68. The molecule has 0 heterocycles. The molecule has 1 N–H and O–H groups in total. The molecule has 0 bridgehead atoms. The minimum absolute atomic E-state index is 0.0281. The van der Waals surface area contributed by atoms with Gasteiger partial charge in [0, 0.05) is 11.9 Å². The van der Waals surface area contributed by atoms with Crippen LogP contribution in [0.25, 0.3) is 0 Å². The van der Waals surface area contributed by atoms with Crippen molar-refractivity contribution in [3.05, 3.63) is 54.1 Å². The zero-order chi connectivity index (χ0) is 18.9.